The molecule has 1 amide bonds. The number of hydrogen-bond acceptors (Lipinski definition) is 5. The van der Waals surface area contributed by atoms with Gasteiger partial charge in [-0.15, -0.1) is 0 Å². The average Bonchev–Trinajstić information content (AvgIpc) is 3.09. The van der Waals surface area contributed by atoms with Crippen LogP contribution in [0.3, 0.4) is 0 Å². The van der Waals surface area contributed by atoms with Gasteiger partial charge in [-0.1, -0.05) is 0 Å². The minimum atomic E-state index is 0.0762. The summed E-state index contributed by atoms with van der Waals surface area (Å²) in [7, 11) is 0. The molecule has 1 aromatic rings. The van der Waals surface area contributed by atoms with Gasteiger partial charge in [0.2, 0.25) is 5.91 Å². The van der Waals surface area contributed by atoms with Crippen LogP contribution in [0.1, 0.15) is 44.3 Å². The van der Waals surface area contributed by atoms with Crippen molar-refractivity contribution in [1.29, 1.82) is 0 Å². The number of rotatable bonds is 6. The minimum absolute atomic E-state index is 0.0762. The molecule has 0 spiro atoms. The number of carbonyl (C=O) groups is 1. The van der Waals surface area contributed by atoms with E-state index in [1.165, 1.54) is 0 Å². The second-order valence-electron chi connectivity index (χ2n) is 7.76. The van der Waals surface area contributed by atoms with E-state index in [2.05, 4.69) is 29.0 Å². The summed E-state index contributed by atoms with van der Waals surface area (Å²) in [6, 6.07) is 4.66. The number of aryl methyl sites for hydroxylation is 1. The molecule has 1 unspecified atom stereocenters. The zero-order chi connectivity index (χ0) is 18.5. The number of hydrogen-bond donors (Lipinski definition) is 1. The first-order valence-electron chi connectivity index (χ1n) is 9.94. The number of likely N-dealkylation sites (tertiary alicyclic amines) is 1. The molecule has 0 bridgehead atoms. The van der Waals surface area contributed by atoms with Crippen molar-refractivity contribution >= 4 is 5.91 Å². The maximum Gasteiger partial charge on any atom is 0.223 e. The second-order valence-corrected chi connectivity index (χ2v) is 7.76. The van der Waals surface area contributed by atoms with Gasteiger partial charge >= 0.3 is 0 Å². The van der Waals surface area contributed by atoms with E-state index in [0.29, 0.717) is 12.6 Å². The molecule has 6 heteroatoms. The third kappa shape index (κ3) is 4.87. The van der Waals surface area contributed by atoms with Crippen molar-refractivity contribution in [2.24, 2.45) is 5.92 Å². The normalized spacial score (nSPS) is 21.8. The Morgan fingerprint density at radius 1 is 1.15 bits per heavy atom. The summed E-state index contributed by atoms with van der Waals surface area (Å²) in [5.41, 5.74) is 0. The highest BCUT2D eigenvalue weighted by molar-refractivity contribution is 5.78. The molecule has 1 atom stereocenters. The molecule has 146 valence electrons. The Hall–Kier alpha value is -1.37. The third-order valence-electron chi connectivity index (χ3n) is 5.68. The van der Waals surface area contributed by atoms with Crippen LogP contribution in [0.25, 0.3) is 0 Å². The standard InChI is InChI=1S/C20H33N3O3/c1-15(2)22-8-6-17(7-9-22)20(24)21-14-18(19-5-4-16(3)26-19)23-10-12-25-13-11-23/h4-5,15,17-18H,6-14H2,1-3H3,(H,21,24). The molecule has 2 aliphatic rings. The van der Waals surface area contributed by atoms with E-state index in [0.717, 1.165) is 63.8 Å². The SMILES string of the molecule is Cc1ccc(C(CNC(=O)C2CCN(C(C)C)CC2)N2CCOCC2)o1. The molecule has 0 saturated carbocycles. The van der Waals surface area contributed by atoms with Gasteiger partial charge in [0, 0.05) is 31.6 Å². The van der Waals surface area contributed by atoms with Crippen LogP contribution in [0.2, 0.25) is 0 Å². The lowest BCUT2D eigenvalue weighted by atomic mass is 9.95. The Balaban J connectivity index is 1.56. The largest absolute Gasteiger partial charge is 0.465 e. The molecule has 0 aliphatic carbocycles. The summed E-state index contributed by atoms with van der Waals surface area (Å²) in [5.74, 6) is 2.16. The maximum absolute atomic E-state index is 12.7. The van der Waals surface area contributed by atoms with Gasteiger partial charge in [0.25, 0.3) is 0 Å². The Morgan fingerprint density at radius 2 is 1.85 bits per heavy atom. The molecular weight excluding hydrogens is 330 g/mol. The van der Waals surface area contributed by atoms with Crippen molar-refractivity contribution in [3.05, 3.63) is 23.7 Å². The number of furan rings is 1. The van der Waals surface area contributed by atoms with Gasteiger partial charge in [-0.2, -0.15) is 0 Å². The molecule has 3 heterocycles. The highest BCUT2D eigenvalue weighted by Gasteiger charge is 2.29. The first-order valence-corrected chi connectivity index (χ1v) is 9.94. The zero-order valence-electron chi connectivity index (χ0n) is 16.4. The Labute approximate surface area is 156 Å². The second kappa shape index (κ2) is 9.02. The van der Waals surface area contributed by atoms with Gasteiger partial charge in [-0.25, -0.2) is 0 Å². The topological polar surface area (TPSA) is 58.0 Å². The summed E-state index contributed by atoms with van der Waals surface area (Å²) < 4.78 is 11.4. The van der Waals surface area contributed by atoms with Crippen LogP contribution in [0.4, 0.5) is 0 Å². The molecule has 6 nitrogen and oxygen atoms in total. The first kappa shape index (κ1) is 19.4. The van der Waals surface area contributed by atoms with E-state index in [-0.39, 0.29) is 17.9 Å². The van der Waals surface area contributed by atoms with Crippen LogP contribution in [0.15, 0.2) is 16.5 Å². The Bertz CT molecular complexity index is 573. The lowest BCUT2D eigenvalue weighted by molar-refractivity contribution is -0.127. The number of piperidine rings is 1. The summed E-state index contributed by atoms with van der Waals surface area (Å²) in [5, 5.41) is 3.20. The van der Waals surface area contributed by atoms with Gasteiger partial charge in [0.1, 0.15) is 11.5 Å². The fourth-order valence-corrected chi connectivity index (χ4v) is 3.95. The molecule has 3 rings (SSSR count). The summed E-state index contributed by atoms with van der Waals surface area (Å²) in [4.78, 5) is 17.5. The van der Waals surface area contributed by atoms with Crippen LogP contribution in [-0.4, -0.2) is 67.7 Å². The van der Waals surface area contributed by atoms with E-state index < -0.39 is 0 Å². The van der Waals surface area contributed by atoms with Crippen molar-refractivity contribution < 1.29 is 13.9 Å². The molecule has 1 N–H and O–H groups in total. The summed E-state index contributed by atoms with van der Waals surface area (Å²) >= 11 is 0. The number of ether oxygens (including phenoxy) is 1. The maximum atomic E-state index is 12.7. The third-order valence-corrected chi connectivity index (χ3v) is 5.68. The van der Waals surface area contributed by atoms with Crippen molar-refractivity contribution in [1.82, 2.24) is 15.1 Å². The highest BCUT2D eigenvalue weighted by Crippen LogP contribution is 2.24. The Kier molecular flexibility index (Phi) is 6.73. The molecule has 0 radical (unpaired) electrons. The van der Waals surface area contributed by atoms with Crippen LogP contribution in [-0.2, 0) is 9.53 Å². The van der Waals surface area contributed by atoms with Gasteiger partial charge in [0.05, 0.1) is 19.3 Å². The van der Waals surface area contributed by atoms with Gasteiger partial charge in [0.15, 0.2) is 0 Å². The predicted molar refractivity (Wildman–Crippen MR) is 101 cm³/mol. The predicted octanol–water partition coefficient (Wildman–Crippen LogP) is 2.20. The van der Waals surface area contributed by atoms with Crippen molar-refractivity contribution in [2.45, 2.75) is 45.7 Å². The van der Waals surface area contributed by atoms with Crippen LogP contribution < -0.4 is 5.32 Å². The van der Waals surface area contributed by atoms with Gasteiger partial charge in [-0.3, -0.25) is 9.69 Å². The molecule has 1 aromatic heterocycles. The lowest BCUT2D eigenvalue weighted by Gasteiger charge is -2.35. The smallest absolute Gasteiger partial charge is 0.223 e. The van der Waals surface area contributed by atoms with E-state index >= 15 is 0 Å². The van der Waals surface area contributed by atoms with E-state index in [1.54, 1.807) is 0 Å². The van der Waals surface area contributed by atoms with Crippen molar-refractivity contribution in [3.63, 3.8) is 0 Å². The summed E-state index contributed by atoms with van der Waals surface area (Å²) in [6.07, 6.45) is 1.90. The van der Waals surface area contributed by atoms with Crippen LogP contribution in [0, 0.1) is 12.8 Å². The first-order chi connectivity index (χ1) is 12.5. The summed E-state index contributed by atoms with van der Waals surface area (Å²) in [6.45, 7) is 12.2. The highest BCUT2D eigenvalue weighted by atomic mass is 16.5. The molecule has 26 heavy (non-hydrogen) atoms. The Morgan fingerprint density at radius 3 is 2.42 bits per heavy atom. The number of nitrogens with zero attached hydrogens (tertiary/aromatic N) is 2. The monoisotopic (exact) mass is 363 g/mol. The average molecular weight is 364 g/mol. The molecule has 0 aromatic carbocycles. The lowest BCUT2D eigenvalue weighted by Crippen LogP contribution is -2.46. The van der Waals surface area contributed by atoms with Crippen LogP contribution >= 0.6 is 0 Å². The van der Waals surface area contributed by atoms with Gasteiger partial charge in [-0.05, 0) is 58.8 Å². The quantitative estimate of drug-likeness (QED) is 0.840. The number of amides is 1. The molecule has 2 saturated heterocycles. The van der Waals surface area contributed by atoms with Crippen molar-refractivity contribution in [3.8, 4) is 0 Å². The fraction of sp³-hybridized carbons (Fsp3) is 0.750. The van der Waals surface area contributed by atoms with E-state index in [9.17, 15) is 4.79 Å². The molecule has 2 fully saturated rings. The van der Waals surface area contributed by atoms with Gasteiger partial charge < -0.3 is 19.4 Å². The van der Waals surface area contributed by atoms with Crippen molar-refractivity contribution in [2.75, 3.05) is 45.9 Å². The number of nitrogens with one attached hydrogen (secondary N) is 1. The molecule has 2 aliphatic heterocycles. The number of morpholine rings is 1. The number of carbonyl (C=O) groups excluding carboxylic acids is 1. The fourth-order valence-electron chi connectivity index (χ4n) is 3.95. The van der Waals surface area contributed by atoms with E-state index in [1.807, 2.05) is 19.1 Å². The zero-order valence-corrected chi connectivity index (χ0v) is 16.4. The minimum Gasteiger partial charge on any atom is -0.465 e. The van der Waals surface area contributed by atoms with Crippen LogP contribution in [0.5, 0.6) is 0 Å². The molecular formula is C20H33N3O3. The van der Waals surface area contributed by atoms with E-state index in [4.69, 9.17) is 9.15 Å².